The zero-order chi connectivity index (χ0) is 13.8. The number of rotatable bonds is 6. The first kappa shape index (κ1) is 14.8. The van der Waals surface area contributed by atoms with E-state index in [9.17, 15) is 4.79 Å². The summed E-state index contributed by atoms with van der Waals surface area (Å²) >= 11 is 0. The number of nitrogens with zero attached hydrogens (tertiary/aromatic N) is 1. The first-order chi connectivity index (χ1) is 8.32. The van der Waals surface area contributed by atoms with Crippen molar-refractivity contribution in [1.82, 2.24) is 10.2 Å². The van der Waals surface area contributed by atoms with Gasteiger partial charge in [-0.2, -0.15) is 0 Å². The van der Waals surface area contributed by atoms with E-state index in [4.69, 9.17) is 4.42 Å². The number of furan rings is 1. The van der Waals surface area contributed by atoms with Crippen LogP contribution in [0.25, 0.3) is 0 Å². The minimum Gasteiger partial charge on any atom is -0.465 e. The van der Waals surface area contributed by atoms with Crippen molar-refractivity contribution >= 4 is 5.91 Å². The molecular formula is C14H24N2O2. The molecule has 0 spiro atoms. The van der Waals surface area contributed by atoms with Crippen molar-refractivity contribution in [2.24, 2.45) is 0 Å². The molecular weight excluding hydrogens is 228 g/mol. The van der Waals surface area contributed by atoms with E-state index in [-0.39, 0.29) is 11.4 Å². The maximum Gasteiger partial charge on any atom is 0.234 e. The number of hydrogen-bond donors (Lipinski definition) is 1. The monoisotopic (exact) mass is 252 g/mol. The van der Waals surface area contributed by atoms with Crippen LogP contribution in [0, 0.1) is 6.92 Å². The lowest BCUT2D eigenvalue weighted by molar-refractivity contribution is -0.123. The molecule has 0 aromatic carbocycles. The standard InChI is InChI=1S/C14H24N2O2/c1-6-14(3,4)15-13(17)10-16(5)9-12-8-7-11(2)18-12/h7-8H,6,9-10H2,1-5H3,(H,15,17). The molecule has 0 bridgehead atoms. The topological polar surface area (TPSA) is 45.5 Å². The summed E-state index contributed by atoms with van der Waals surface area (Å²) in [6.45, 7) is 9.06. The summed E-state index contributed by atoms with van der Waals surface area (Å²) in [4.78, 5) is 13.8. The van der Waals surface area contributed by atoms with Gasteiger partial charge in [0.15, 0.2) is 0 Å². The largest absolute Gasteiger partial charge is 0.465 e. The van der Waals surface area contributed by atoms with Crippen LogP contribution >= 0.6 is 0 Å². The van der Waals surface area contributed by atoms with Crippen LogP contribution in [0.2, 0.25) is 0 Å². The lowest BCUT2D eigenvalue weighted by Gasteiger charge is -2.26. The molecule has 1 N–H and O–H groups in total. The molecule has 0 aliphatic heterocycles. The highest BCUT2D eigenvalue weighted by atomic mass is 16.3. The SMILES string of the molecule is CCC(C)(C)NC(=O)CN(C)Cc1ccc(C)o1. The Bertz CT molecular complexity index is 396. The van der Waals surface area contributed by atoms with Crippen LogP contribution < -0.4 is 5.32 Å². The Morgan fingerprint density at radius 3 is 2.61 bits per heavy atom. The van der Waals surface area contributed by atoms with E-state index in [1.54, 1.807) is 0 Å². The summed E-state index contributed by atoms with van der Waals surface area (Å²) in [5, 5.41) is 3.02. The fourth-order valence-corrected chi connectivity index (χ4v) is 1.64. The first-order valence-electron chi connectivity index (χ1n) is 6.37. The number of carbonyl (C=O) groups excluding carboxylic acids is 1. The molecule has 0 radical (unpaired) electrons. The van der Waals surface area contributed by atoms with Gasteiger partial charge in [0.05, 0.1) is 13.1 Å². The van der Waals surface area contributed by atoms with E-state index in [2.05, 4.69) is 12.2 Å². The third-order valence-corrected chi connectivity index (χ3v) is 3.00. The van der Waals surface area contributed by atoms with Gasteiger partial charge in [0.2, 0.25) is 5.91 Å². The lowest BCUT2D eigenvalue weighted by Crippen LogP contribution is -2.46. The fraction of sp³-hybridized carbons (Fsp3) is 0.643. The molecule has 1 heterocycles. The summed E-state index contributed by atoms with van der Waals surface area (Å²) < 4.78 is 5.48. The van der Waals surface area contributed by atoms with E-state index in [1.807, 2.05) is 44.9 Å². The van der Waals surface area contributed by atoms with Gasteiger partial charge in [0.25, 0.3) is 0 Å². The van der Waals surface area contributed by atoms with Crippen molar-refractivity contribution in [3.63, 3.8) is 0 Å². The molecule has 102 valence electrons. The minimum absolute atomic E-state index is 0.0487. The second-order valence-electron chi connectivity index (χ2n) is 5.47. The summed E-state index contributed by atoms with van der Waals surface area (Å²) in [6.07, 6.45) is 0.917. The summed E-state index contributed by atoms with van der Waals surface area (Å²) in [5.74, 6) is 1.83. The molecule has 0 aliphatic rings. The Morgan fingerprint density at radius 1 is 1.44 bits per heavy atom. The molecule has 0 aliphatic carbocycles. The summed E-state index contributed by atoms with van der Waals surface area (Å²) in [5.41, 5.74) is -0.140. The van der Waals surface area contributed by atoms with Gasteiger partial charge in [-0.15, -0.1) is 0 Å². The smallest absolute Gasteiger partial charge is 0.234 e. The van der Waals surface area contributed by atoms with Crippen molar-refractivity contribution in [2.75, 3.05) is 13.6 Å². The van der Waals surface area contributed by atoms with Crippen LogP contribution in [0.3, 0.4) is 0 Å². The van der Waals surface area contributed by atoms with Crippen molar-refractivity contribution in [3.8, 4) is 0 Å². The third kappa shape index (κ3) is 4.92. The normalized spacial score (nSPS) is 11.9. The van der Waals surface area contributed by atoms with Gasteiger partial charge < -0.3 is 9.73 Å². The average Bonchev–Trinajstić information content (AvgIpc) is 2.62. The maximum absolute atomic E-state index is 11.8. The van der Waals surface area contributed by atoms with E-state index in [1.165, 1.54) is 0 Å². The number of carbonyl (C=O) groups is 1. The van der Waals surface area contributed by atoms with Gasteiger partial charge in [-0.1, -0.05) is 6.92 Å². The van der Waals surface area contributed by atoms with Crippen molar-refractivity contribution in [3.05, 3.63) is 23.7 Å². The summed E-state index contributed by atoms with van der Waals surface area (Å²) in [6, 6.07) is 3.88. The van der Waals surface area contributed by atoms with Crippen molar-refractivity contribution in [1.29, 1.82) is 0 Å². The number of nitrogens with one attached hydrogen (secondary N) is 1. The fourth-order valence-electron chi connectivity index (χ4n) is 1.64. The predicted molar refractivity (Wildman–Crippen MR) is 72.3 cm³/mol. The molecule has 0 saturated carbocycles. The van der Waals surface area contributed by atoms with Crippen LogP contribution in [0.4, 0.5) is 0 Å². The van der Waals surface area contributed by atoms with Crippen molar-refractivity contribution in [2.45, 2.75) is 46.2 Å². The summed E-state index contributed by atoms with van der Waals surface area (Å²) in [7, 11) is 1.91. The van der Waals surface area contributed by atoms with E-state index >= 15 is 0 Å². The molecule has 0 unspecified atom stereocenters. The van der Waals surface area contributed by atoms with Gasteiger partial charge in [0.1, 0.15) is 11.5 Å². The predicted octanol–water partition coefficient (Wildman–Crippen LogP) is 2.32. The molecule has 1 aromatic rings. The second kappa shape index (κ2) is 6.05. The quantitative estimate of drug-likeness (QED) is 0.845. The molecule has 1 aromatic heterocycles. The zero-order valence-electron chi connectivity index (χ0n) is 12.0. The van der Waals surface area contributed by atoms with E-state index in [0.717, 1.165) is 17.9 Å². The molecule has 0 fully saturated rings. The first-order valence-corrected chi connectivity index (χ1v) is 6.37. The number of likely N-dealkylation sites (N-methyl/N-ethyl adjacent to an activating group) is 1. The molecule has 1 rings (SSSR count). The van der Waals surface area contributed by atoms with Crippen molar-refractivity contribution < 1.29 is 9.21 Å². The Balaban J connectivity index is 2.40. The van der Waals surface area contributed by atoms with E-state index < -0.39 is 0 Å². The third-order valence-electron chi connectivity index (χ3n) is 3.00. The van der Waals surface area contributed by atoms with Gasteiger partial charge in [-0.25, -0.2) is 0 Å². The van der Waals surface area contributed by atoms with Crippen LogP contribution in [0.15, 0.2) is 16.5 Å². The molecule has 4 heteroatoms. The van der Waals surface area contributed by atoms with Crippen LogP contribution in [-0.4, -0.2) is 29.9 Å². The van der Waals surface area contributed by atoms with Gasteiger partial charge in [-0.05, 0) is 46.4 Å². The van der Waals surface area contributed by atoms with Gasteiger partial charge in [-0.3, -0.25) is 9.69 Å². The van der Waals surface area contributed by atoms with E-state index in [0.29, 0.717) is 13.1 Å². The molecule has 1 amide bonds. The highest BCUT2D eigenvalue weighted by Gasteiger charge is 2.18. The highest BCUT2D eigenvalue weighted by molar-refractivity contribution is 5.78. The molecule has 18 heavy (non-hydrogen) atoms. The number of amides is 1. The highest BCUT2D eigenvalue weighted by Crippen LogP contribution is 2.09. The number of hydrogen-bond acceptors (Lipinski definition) is 3. The molecule has 4 nitrogen and oxygen atoms in total. The Morgan fingerprint density at radius 2 is 2.11 bits per heavy atom. The maximum atomic E-state index is 11.8. The number of aryl methyl sites for hydroxylation is 1. The lowest BCUT2D eigenvalue weighted by atomic mass is 10.0. The minimum atomic E-state index is -0.140. The Kier molecular flexibility index (Phi) is 4.96. The van der Waals surface area contributed by atoms with Gasteiger partial charge in [0, 0.05) is 5.54 Å². The Hall–Kier alpha value is -1.29. The van der Waals surface area contributed by atoms with Crippen LogP contribution in [0.1, 0.15) is 38.7 Å². The molecule has 0 saturated heterocycles. The van der Waals surface area contributed by atoms with Crippen LogP contribution in [-0.2, 0) is 11.3 Å². The second-order valence-corrected chi connectivity index (χ2v) is 5.47. The zero-order valence-corrected chi connectivity index (χ0v) is 12.0. The molecule has 0 atom stereocenters. The van der Waals surface area contributed by atoms with Gasteiger partial charge >= 0.3 is 0 Å². The Labute approximate surface area is 109 Å². The average molecular weight is 252 g/mol. The van der Waals surface area contributed by atoms with Crippen LogP contribution in [0.5, 0.6) is 0 Å².